The Morgan fingerprint density at radius 2 is 2.14 bits per heavy atom. The Bertz CT molecular complexity index is 630. The minimum Gasteiger partial charge on any atom is -0.381 e. The Morgan fingerprint density at radius 1 is 1.24 bits per heavy atom. The highest BCUT2D eigenvalue weighted by atomic mass is 16.5. The second-order valence-corrected chi connectivity index (χ2v) is 7.24. The van der Waals surface area contributed by atoms with Crippen LogP contribution in [0.25, 0.3) is 0 Å². The van der Waals surface area contributed by atoms with Crippen molar-refractivity contribution in [1.29, 1.82) is 0 Å². The molecule has 1 atom stereocenters. The molecule has 1 aliphatic rings. The molecule has 7 heteroatoms. The normalized spacial score (nSPS) is 16.6. The minimum absolute atomic E-state index is 0.0353. The van der Waals surface area contributed by atoms with Gasteiger partial charge in [0.25, 0.3) is 5.91 Å². The van der Waals surface area contributed by atoms with Crippen LogP contribution in [-0.2, 0) is 16.0 Å². The van der Waals surface area contributed by atoms with Crippen molar-refractivity contribution in [3.8, 4) is 0 Å². The fourth-order valence-corrected chi connectivity index (χ4v) is 3.01. The first-order chi connectivity index (χ1) is 14.2. The molecule has 1 heterocycles. The van der Waals surface area contributed by atoms with Crippen LogP contribution in [0.3, 0.4) is 0 Å². The van der Waals surface area contributed by atoms with Gasteiger partial charge in [0.2, 0.25) is 0 Å². The number of ether oxygens (including phenoxy) is 2. The highest BCUT2D eigenvalue weighted by Crippen LogP contribution is 2.12. The summed E-state index contributed by atoms with van der Waals surface area (Å²) in [5.41, 5.74) is 1.68. The van der Waals surface area contributed by atoms with Crippen molar-refractivity contribution in [2.24, 2.45) is 10.9 Å². The van der Waals surface area contributed by atoms with Crippen molar-refractivity contribution < 1.29 is 14.3 Å². The summed E-state index contributed by atoms with van der Waals surface area (Å²) in [7, 11) is 0. The number of rotatable bonds is 12. The van der Waals surface area contributed by atoms with Crippen LogP contribution in [0.2, 0.25) is 0 Å². The van der Waals surface area contributed by atoms with Crippen LogP contribution in [-0.4, -0.2) is 57.9 Å². The second kappa shape index (κ2) is 14.0. The van der Waals surface area contributed by atoms with Crippen molar-refractivity contribution in [1.82, 2.24) is 16.0 Å². The third kappa shape index (κ3) is 9.28. The lowest BCUT2D eigenvalue weighted by atomic mass is 10.1. The van der Waals surface area contributed by atoms with Crippen LogP contribution in [0, 0.1) is 5.92 Å². The summed E-state index contributed by atoms with van der Waals surface area (Å²) < 4.78 is 11.1. The van der Waals surface area contributed by atoms with Gasteiger partial charge in [-0.05, 0) is 43.9 Å². The third-order valence-electron chi connectivity index (χ3n) is 4.62. The molecule has 1 fully saturated rings. The van der Waals surface area contributed by atoms with Gasteiger partial charge in [0.05, 0.1) is 19.8 Å². The maximum Gasteiger partial charge on any atom is 0.251 e. The van der Waals surface area contributed by atoms with E-state index in [1.165, 1.54) is 0 Å². The van der Waals surface area contributed by atoms with Gasteiger partial charge in [0.15, 0.2) is 5.96 Å². The smallest absolute Gasteiger partial charge is 0.251 e. The van der Waals surface area contributed by atoms with Gasteiger partial charge in [-0.1, -0.05) is 19.1 Å². The van der Waals surface area contributed by atoms with Crippen molar-refractivity contribution in [2.75, 3.05) is 46.1 Å². The maximum atomic E-state index is 12.1. The summed E-state index contributed by atoms with van der Waals surface area (Å²) in [6.45, 7) is 10.1. The molecule has 7 nitrogen and oxygen atoms in total. The van der Waals surface area contributed by atoms with E-state index in [2.05, 4.69) is 20.9 Å². The highest BCUT2D eigenvalue weighted by Gasteiger charge is 2.15. The lowest BCUT2D eigenvalue weighted by molar-refractivity contribution is 0.0888. The fraction of sp³-hybridized carbons (Fsp3) is 0.636. The number of hydrogen-bond donors (Lipinski definition) is 3. The average Bonchev–Trinajstić information content (AvgIpc) is 3.26. The van der Waals surface area contributed by atoms with Crippen LogP contribution in [0.5, 0.6) is 0 Å². The van der Waals surface area contributed by atoms with Crippen molar-refractivity contribution in [3.63, 3.8) is 0 Å². The van der Waals surface area contributed by atoms with Crippen LogP contribution in [0.15, 0.2) is 29.3 Å². The van der Waals surface area contributed by atoms with E-state index in [0.717, 1.165) is 70.3 Å². The van der Waals surface area contributed by atoms with Gasteiger partial charge in [-0.3, -0.25) is 4.79 Å². The monoisotopic (exact) mass is 404 g/mol. The van der Waals surface area contributed by atoms with Crippen molar-refractivity contribution in [3.05, 3.63) is 35.4 Å². The van der Waals surface area contributed by atoms with Gasteiger partial charge < -0.3 is 25.4 Å². The molecule has 1 aromatic rings. The first-order valence-electron chi connectivity index (χ1n) is 10.8. The Hall–Kier alpha value is -2.12. The lowest BCUT2D eigenvalue weighted by Crippen LogP contribution is -2.38. The topological polar surface area (TPSA) is 84.0 Å². The first-order valence-corrected chi connectivity index (χ1v) is 10.8. The quantitative estimate of drug-likeness (QED) is 0.283. The highest BCUT2D eigenvalue weighted by molar-refractivity contribution is 5.94. The Kier molecular flexibility index (Phi) is 11.1. The number of hydrogen-bond acceptors (Lipinski definition) is 4. The third-order valence-corrected chi connectivity index (χ3v) is 4.62. The fourth-order valence-electron chi connectivity index (χ4n) is 3.01. The Morgan fingerprint density at radius 3 is 2.90 bits per heavy atom. The van der Waals surface area contributed by atoms with Crippen LogP contribution >= 0.6 is 0 Å². The van der Waals surface area contributed by atoms with Gasteiger partial charge in [0, 0.05) is 44.3 Å². The van der Waals surface area contributed by atoms with E-state index in [4.69, 9.17) is 9.47 Å². The molecule has 0 radical (unpaired) electrons. The van der Waals surface area contributed by atoms with E-state index in [9.17, 15) is 4.79 Å². The van der Waals surface area contributed by atoms with Crippen molar-refractivity contribution >= 4 is 11.9 Å². The molecule has 0 aliphatic carbocycles. The van der Waals surface area contributed by atoms with Gasteiger partial charge in [0.1, 0.15) is 0 Å². The van der Waals surface area contributed by atoms with Crippen LogP contribution in [0.1, 0.15) is 49.0 Å². The van der Waals surface area contributed by atoms with E-state index in [0.29, 0.717) is 24.6 Å². The molecular weight excluding hydrogens is 368 g/mol. The molecule has 1 amide bonds. The van der Waals surface area contributed by atoms with Gasteiger partial charge in [-0.25, -0.2) is 4.99 Å². The summed E-state index contributed by atoms with van der Waals surface area (Å²) in [4.78, 5) is 16.8. The molecule has 0 aromatic heterocycles. The predicted octanol–water partition coefficient (Wildman–Crippen LogP) is 2.32. The van der Waals surface area contributed by atoms with E-state index in [-0.39, 0.29) is 5.91 Å². The van der Waals surface area contributed by atoms with Crippen molar-refractivity contribution in [2.45, 2.75) is 39.7 Å². The maximum absolute atomic E-state index is 12.1. The summed E-state index contributed by atoms with van der Waals surface area (Å²) in [5, 5.41) is 9.50. The van der Waals surface area contributed by atoms with E-state index < -0.39 is 0 Å². The lowest BCUT2D eigenvalue weighted by Gasteiger charge is -2.12. The predicted molar refractivity (Wildman–Crippen MR) is 116 cm³/mol. The number of benzene rings is 1. The van der Waals surface area contributed by atoms with Gasteiger partial charge in [-0.15, -0.1) is 0 Å². The molecule has 162 valence electrons. The zero-order valence-corrected chi connectivity index (χ0v) is 17.8. The van der Waals surface area contributed by atoms with E-state index >= 15 is 0 Å². The standard InChI is InChI=1S/C22H36N4O3/c1-3-10-24-21(27)20-8-5-7-18(14-20)15-26-22(23-4-2)25-11-6-12-28-16-19-9-13-29-17-19/h5,7-8,14,19H,3-4,6,9-13,15-17H2,1-2H3,(H,24,27)(H2,23,25,26). The number of nitrogens with zero attached hydrogens (tertiary/aromatic N) is 1. The van der Waals surface area contributed by atoms with E-state index in [1.807, 2.05) is 38.1 Å². The number of carbonyl (C=O) groups is 1. The molecule has 0 bridgehead atoms. The number of aliphatic imine (C=N–C) groups is 1. The number of nitrogens with one attached hydrogen (secondary N) is 3. The van der Waals surface area contributed by atoms with E-state index in [1.54, 1.807) is 0 Å². The molecule has 2 rings (SSSR count). The van der Waals surface area contributed by atoms with Crippen LogP contribution in [0.4, 0.5) is 0 Å². The molecule has 1 aromatic carbocycles. The molecule has 29 heavy (non-hydrogen) atoms. The summed E-state index contributed by atoms with van der Waals surface area (Å²) in [5.74, 6) is 1.30. The molecule has 1 aliphatic heterocycles. The average molecular weight is 405 g/mol. The molecule has 1 saturated heterocycles. The summed E-state index contributed by atoms with van der Waals surface area (Å²) in [6.07, 6.45) is 2.95. The minimum atomic E-state index is -0.0353. The Balaban J connectivity index is 1.73. The zero-order chi connectivity index (χ0) is 20.7. The number of carbonyl (C=O) groups excluding carboxylic acids is 1. The largest absolute Gasteiger partial charge is 0.381 e. The molecular formula is C22H36N4O3. The zero-order valence-electron chi connectivity index (χ0n) is 17.8. The van der Waals surface area contributed by atoms with Gasteiger partial charge >= 0.3 is 0 Å². The summed E-state index contributed by atoms with van der Waals surface area (Å²) in [6, 6.07) is 7.63. The van der Waals surface area contributed by atoms with Gasteiger partial charge in [-0.2, -0.15) is 0 Å². The Labute approximate surface area is 174 Å². The second-order valence-electron chi connectivity index (χ2n) is 7.24. The molecule has 1 unspecified atom stereocenters. The molecule has 0 saturated carbocycles. The SMILES string of the molecule is CCCNC(=O)c1cccc(CN=C(NCC)NCCCOCC2CCOC2)c1. The summed E-state index contributed by atoms with van der Waals surface area (Å²) >= 11 is 0. The first kappa shape index (κ1) is 23.2. The molecule has 3 N–H and O–H groups in total. The number of amides is 1. The van der Waals surface area contributed by atoms with Crippen LogP contribution < -0.4 is 16.0 Å². The number of guanidine groups is 1. The molecule has 0 spiro atoms.